The average molecular weight is 277 g/mol. The number of benzene rings is 1. The first kappa shape index (κ1) is 11.3. The highest BCUT2D eigenvalue weighted by Gasteiger charge is 2.10. The van der Waals surface area contributed by atoms with Crippen LogP contribution in [-0.2, 0) is 0 Å². The van der Waals surface area contributed by atoms with E-state index in [2.05, 4.69) is 38.9 Å². The van der Waals surface area contributed by atoms with Crippen LogP contribution in [0.25, 0.3) is 11.3 Å². The van der Waals surface area contributed by atoms with E-state index >= 15 is 0 Å². The van der Waals surface area contributed by atoms with Crippen LogP contribution in [0.1, 0.15) is 17.1 Å². The SMILES string of the molecule is Cc1nc(C)c(C)c(-c2ccccc2Br)n1. The van der Waals surface area contributed by atoms with Gasteiger partial charge in [-0.05, 0) is 32.4 Å². The summed E-state index contributed by atoms with van der Waals surface area (Å²) in [6, 6.07) is 8.12. The van der Waals surface area contributed by atoms with Crippen molar-refractivity contribution in [2.75, 3.05) is 0 Å². The molecule has 1 heterocycles. The zero-order valence-corrected chi connectivity index (χ0v) is 11.2. The Morgan fingerprint density at radius 1 is 1.00 bits per heavy atom. The fourth-order valence-electron chi connectivity index (χ4n) is 1.68. The summed E-state index contributed by atoms with van der Waals surface area (Å²) in [5.74, 6) is 0.814. The van der Waals surface area contributed by atoms with E-state index in [1.807, 2.05) is 32.0 Å². The summed E-state index contributed by atoms with van der Waals surface area (Å²) in [5, 5.41) is 0. The van der Waals surface area contributed by atoms with E-state index < -0.39 is 0 Å². The van der Waals surface area contributed by atoms with Crippen LogP contribution in [0.2, 0.25) is 0 Å². The molecule has 0 bridgehead atoms. The maximum atomic E-state index is 4.52. The average Bonchev–Trinajstić information content (AvgIpc) is 2.24. The molecule has 0 radical (unpaired) electrons. The van der Waals surface area contributed by atoms with E-state index in [0.29, 0.717) is 0 Å². The normalized spacial score (nSPS) is 10.5. The molecule has 0 saturated heterocycles. The fourth-order valence-corrected chi connectivity index (χ4v) is 2.16. The Morgan fingerprint density at radius 2 is 1.69 bits per heavy atom. The standard InChI is InChI=1S/C13H13BrN2/c1-8-9(2)15-10(3)16-13(8)11-6-4-5-7-12(11)14/h4-7H,1-3H3. The molecule has 16 heavy (non-hydrogen) atoms. The number of hydrogen-bond donors (Lipinski definition) is 0. The second-order valence-corrected chi connectivity index (χ2v) is 4.66. The molecule has 2 nitrogen and oxygen atoms in total. The van der Waals surface area contributed by atoms with Crippen LogP contribution >= 0.6 is 15.9 Å². The highest BCUT2D eigenvalue weighted by molar-refractivity contribution is 9.10. The minimum absolute atomic E-state index is 0.814. The highest BCUT2D eigenvalue weighted by Crippen LogP contribution is 2.29. The van der Waals surface area contributed by atoms with Crippen LogP contribution in [-0.4, -0.2) is 9.97 Å². The van der Waals surface area contributed by atoms with Gasteiger partial charge >= 0.3 is 0 Å². The van der Waals surface area contributed by atoms with Gasteiger partial charge in [0.2, 0.25) is 0 Å². The number of nitrogens with zero attached hydrogens (tertiary/aromatic N) is 2. The third-order valence-electron chi connectivity index (χ3n) is 2.63. The maximum Gasteiger partial charge on any atom is 0.126 e. The predicted octanol–water partition coefficient (Wildman–Crippen LogP) is 3.83. The van der Waals surface area contributed by atoms with E-state index in [0.717, 1.165) is 32.8 Å². The van der Waals surface area contributed by atoms with E-state index in [1.54, 1.807) is 0 Å². The smallest absolute Gasteiger partial charge is 0.126 e. The van der Waals surface area contributed by atoms with Gasteiger partial charge in [0.05, 0.1) is 5.69 Å². The molecule has 1 aromatic carbocycles. The third-order valence-corrected chi connectivity index (χ3v) is 3.32. The molecular weight excluding hydrogens is 264 g/mol. The summed E-state index contributed by atoms with van der Waals surface area (Å²) < 4.78 is 1.07. The van der Waals surface area contributed by atoms with Crippen molar-refractivity contribution in [1.29, 1.82) is 0 Å². The molecule has 82 valence electrons. The largest absolute Gasteiger partial charge is 0.238 e. The molecule has 0 N–H and O–H groups in total. The van der Waals surface area contributed by atoms with Gasteiger partial charge in [-0.1, -0.05) is 34.1 Å². The first-order valence-electron chi connectivity index (χ1n) is 5.16. The number of aryl methyl sites for hydroxylation is 2. The van der Waals surface area contributed by atoms with Gasteiger partial charge in [0.1, 0.15) is 5.82 Å². The van der Waals surface area contributed by atoms with Crippen molar-refractivity contribution >= 4 is 15.9 Å². The molecule has 2 aromatic rings. The molecule has 0 fully saturated rings. The van der Waals surface area contributed by atoms with Crippen LogP contribution in [0.4, 0.5) is 0 Å². The molecular formula is C13H13BrN2. The fraction of sp³-hybridized carbons (Fsp3) is 0.231. The molecule has 0 aliphatic heterocycles. The van der Waals surface area contributed by atoms with E-state index in [-0.39, 0.29) is 0 Å². The van der Waals surface area contributed by atoms with Gasteiger partial charge in [0.25, 0.3) is 0 Å². The zero-order valence-electron chi connectivity index (χ0n) is 9.58. The molecule has 0 spiro atoms. The molecule has 0 atom stereocenters. The number of rotatable bonds is 1. The van der Waals surface area contributed by atoms with Crippen molar-refractivity contribution in [2.45, 2.75) is 20.8 Å². The van der Waals surface area contributed by atoms with Crippen molar-refractivity contribution in [3.05, 3.63) is 45.8 Å². The summed E-state index contributed by atoms with van der Waals surface area (Å²) in [6.45, 7) is 6.00. The monoisotopic (exact) mass is 276 g/mol. The lowest BCUT2D eigenvalue weighted by Gasteiger charge is -2.10. The van der Waals surface area contributed by atoms with Crippen molar-refractivity contribution < 1.29 is 0 Å². The molecule has 0 aliphatic rings. The Balaban J connectivity index is 2.69. The Kier molecular flexibility index (Phi) is 3.06. The summed E-state index contributed by atoms with van der Waals surface area (Å²) in [4.78, 5) is 8.89. The van der Waals surface area contributed by atoms with Crippen molar-refractivity contribution in [1.82, 2.24) is 9.97 Å². The second-order valence-electron chi connectivity index (χ2n) is 3.81. The van der Waals surface area contributed by atoms with Gasteiger partial charge < -0.3 is 0 Å². The van der Waals surface area contributed by atoms with Crippen LogP contribution in [0.3, 0.4) is 0 Å². The van der Waals surface area contributed by atoms with Crippen molar-refractivity contribution in [3.63, 3.8) is 0 Å². The van der Waals surface area contributed by atoms with Crippen LogP contribution in [0.15, 0.2) is 28.7 Å². The van der Waals surface area contributed by atoms with Gasteiger partial charge in [-0.25, -0.2) is 9.97 Å². The van der Waals surface area contributed by atoms with Crippen molar-refractivity contribution in [2.24, 2.45) is 0 Å². The maximum absolute atomic E-state index is 4.52. The lowest BCUT2D eigenvalue weighted by molar-refractivity contribution is 0.991. The predicted molar refractivity (Wildman–Crippen MR) is 69.4 cm³/mol. The van der Waals surface area contributed by atoms with Gasteiger partial charge in [-0.15, -0.1) is 0 Å². The van der Waals surface area contributed by atoms with Crippen LogP contribution < -0.4 is 0 Å². The molecule has 0 saturated carbocycles. The molecule has 0 aliphatic carbocycles. The van der Waals surface area contributed by atoms with E-state index in [4.69, 9.17) is 0 Å². The molecule has 0 amide bonds. The van der Waals surface area contributed by atoms with Gasteiger partial charge in [-0.2, -0.15) is 0 Å². The number of halogens is 1. The topological polar surface area (TPSA) is 25.8 Å². The third kappa shape index (κ3) is 2.00. The Bertz CT molecular complexity index is 535. The lowest BCUT2D eigenvalue weighted by atomic mass is 10.1. The molecule has 2 rings (SSSR count). The summed E-state index contributed by atoms with van der Waals surface area (Å²) in [5.41, 5.74) is 4.31. The van der Waals surface area contributed by atoms with E-state index in [9.17, 15) is 0 Å². The zero-order chi connectivity index (χ0) is 11.7. The summed E-state index contributed by atoms with van der Waals surface area (Å²) in [6.07, 6.45) is 0. The van der Waals surface area contributed by atoms with E-state index in [1.165, 1.54) is 0 Å². The molecule has 1 aromatic heterocycles. The number of hydrogen-bond acceptors (Lipinski definition) is 2. The first-order valence-corrected chi connectivity index (χ1v) is 5.95. The van der Waals surface area contributed by atoms with Crippen LogP contribution in [0, 0.1) is 20.8 Å². The quantitative estimate of drug-likeness (QED) is 0.791. The molecule has 0 unspecified atom stereocenters. The summed E-state index contributed by atoms with van der Waals surface area (Å²) in [7, 11) is 0. The Morgan fingerprint density at radius 3 is 2.38 bits per heavy atom. The molecule has 3 heteroatoms. The summed E-state index contributed by atoms with van der Waals surface area (Å²) >= 11 is 3.56. The van der Waals surface area contributed by atoms with Crippen molar-refractivity contribution in [3.8, 4) is 11.3 Å². The Hall–Kier alpha value is -1.22. The minimum atomic E-state index is 0.814. The highest BCUT2D eigenvalue weighted by atomic mass is 79.9. The van der Waals surface area contributed by atoms with Gasteiger partial charge in [0.15, 0.2) is 0 Å². The Labute approximate surface area is 104 Å². The minimum Gasteiger partial charge on any atom is -0.238 e. The van der Waals surface area contributed by atoms with Gasteiger partial charge in [-0.3, -0.25) is 0 Å². The van der Waals surface area contributed by atoms with Crippen LogP contribution in [0.5, 0.6) is 0 Å². The van der Waals surface area contributed by atoms with Gasteiger partial charge in [0, 0.05) is 15.7 Å². The second kappa shape index (κ2) is 4.34. The first-order chi connectivity index (χ1) is 7.59. The number of aromatic nitrogens is 2. The lowest BCUT2D eigenvalue weighted by Crippen LogP contribution is -1.99.